The van der Waals surface area contributed by atoms with Gasteiger partial charge in [-0.1, -0.05) is 11.5 Å². The van der Waals surface area contributed by atoms with E-state index in [1.54, 1.807) is 0 Å². The first kappa shape index (κ1) is 12.3. The maximum Gasteiger partial charge on any atom is 0.511 e. The highest BCUT2D eigenvalue weighted by Gasteiger charge is 2.40. The smallest absolute Gasteiger partial charge is 0.445 e. The summed E-state index contributed by atoms with van der Waals surface area (Å²) in [7, 11) is 0. The van der Waals surface area contributed by atoms with Crippen molar-refractivity contribution in [3.8, 4) is 0 Å². The van der Waals surface area contributed by atoms with Crippen molar-refractivity contribution in [2.45, 2.75) is 24.9 Å². The molecule has 0 amide bonds. The van der Waals surface area contributed by atoms with E-state index in [2.05, 4.69) is 4.98 Å². The lowest BCUT2D eigenvalue weighted by Gasteiger charge is -2.18. The van der Waals surface area contributed by atoms with Gasteiger partial charge < -0.3 is 12.9 Å². The first-order chi connectivity index (χ1) is 7.69. The van der Waals surface area contributed by atoms with Crippen molar-refractivity contribution < 1.29 is 26.1 Å². The maximum atomic E-state index is 12.6. The van der Waals surface area contributed by atoms with Gasteiger partial charge in [0.2, 0.25) is 0 Å². The van der Waals surface area contributed by atoms with Crippen molar-refractivity contribution in [3.63, 3.8) is 0 Å². The predicted molar refractivity (Wildman–Crippen MR) is 49.9 cm³/mol. The Labute approximate surface area is 92.9 Å². The molecule has 0 spiro atoms. The zero-order chi connectivity index (χ0) is 12.8. The molecule has 0 aromatic carbocycles. The van der Waals surface area contributed by atoms with Gasteiger partial charge in [-0.05, 0) is 12.8 Å². The summed E-state index contributed by atoms with van der Waals surface area (Å²) < 4.78 is 74.9. The molecular weight excluding hydrogens is 247 g/mol. The average Bonchev–Trinajstić information content (AvgIpc) is 2.97. The molecule has 1 saturated carbocycles. The Morgan fingerprint density at radius 2 is 1.76 bits per heavy atom. The molecule has 0 atom stereocenters. The molecule has 1 aliphatic carbocycles. The van der Waals surface area contributed by atoms with Crippen molar-refractivity contribution in [2.24, 2.45) is 0 Å². The maximum absolute atomic E-state index is 12.6. The van der Waals surface area contributed by atoms with Crippen molar-refractivity contribution in [1.82, 2.24) is 4.98 Å². The number of pyridine rings is 1. The molecule has 1 heterocycles. The van der Waals surface area contributed by atoms with E-state index >= 15 is 0 Å². The Bertz CT molecular complexity index is 434. The van der Waals surface area contributed by atoms with Crippen LogP contribution in [0.2, 0.25) is 0 Å². The van der Waals surface area contributed by atoms with E-state index in [1.807, 2.05) is 0 Å². The minimum absolute atomic E-state index is 0.167. The van der Waals surface area contributed by atoms with E-state index in [0.29, 0.717) is 19.0 Å². The number of nitrogens with zero attached hydrogens (tertiary/aromatic N) is 1. The Hall–Kier alpha value is -1.21. The van der Waals surface area contributed by atoms with Crippen LogP contribution in [0.25, 0.3) is 0 Å². The zero-order valence-corrected chi connectivity index (χ0v) is 8.44. The second kappa shape index (κ2) is 3.64. The van der Waals surface area contributed by atoms with E-state index in [0.717, 1.165) is 0 Å². The topological polar surface area (TPSA) is 12.9 Å². The quantitative estimate of drug-likeness (QED) is 0.583. The normalized spacial score (nSPS) is 17.3. The standard InChI is InChI=1S/C9H7BF6N/c11-9(12,13)7-3-6(10(14,15)16)4-17-8(7)5-1-2-5/h3-5H,1-2H2/q-1. The van der Waals surface area contributed by atoms with E-state index in [-0.39, 0.29) is 17.7 Å². The molecule has 17 heavy (non-hydrogen) atoms. The van der Waals surface area contributed by atoms with Gasteiger partial charge in [-0.2, -0.15) is 13.2 Å². The average molecular weight is 254 g/mol. The van der Waals surface area contributed by atoms with Crippen LogP contribution in [0.3, 0.4) is 0 Å². The molecule has 0 radical (unpaired) electrons. The lowest BCUT2D eigenvalue weighted by atomic mass is 9.80. The van der Waals surface area contributed by atoms with Crippen LogP contribution in [0, 0.1) is 0 Å². The minimum Gasteiger partial charge on any atom is -0.445 e. The van der Waals surface area contributed by atoms with Gasteiger partial charge in [0.15, 0.2) is 0 Å². The summed E-state index contributed by atoms with van der Waals surface area (Å²) in [5, 5.41) is 0. The summed E-state index contributed by atoms with van der Waals surface area (Å²) >= 11 is 0. The summed E-state index contributed by atoms with van der Waals surface area (Å²) in [6.07, 6.45) is -3.20. The van der Waals surface area contributed by atoms with Crippen LogP contribution in [0.15, 0.2) is 12.3 Å². The third-order valence-corrected chi connectivity index (χ3v) is 2.59. The first-order valence-corrected chi connectivity index (χ1v) is 4.96. The second-order valence-corrected chi connectivity index (χ2v) is 4.05. The molecule has 0 unspecified atom stereocenters. The van der Waals surface area contributed by atoms with Crippen molar-refractivity contribution in [1.29, 1.82) is 0 Å². The van der Waals surface area contributed by atoms with Crippen LogP contribution in [0.5, 0.6) is 0 Å². The SMILES string of the molecule is F[B-](F)(F)c1cnc(C2CC2)c(C(F)(F)F)c1. The van der Waals surface area contributed by atoms with Crippen LogP contribution in [-0.2, 0) is 6.18 Å². The number of hydrogen-bond donors (Lipinski definition) is 0. The van der Waals surface area contributed by atoms with Crippen molar-refractivity contribution in [2.75, 3.05) is 0 Å². The minimum atomic E-state index is -5.46. The third-order valence-electron chi connectivity index (χ3n) is 2.59. The van der Waals surface area contributed by atoms with Gasteiger partial charge in [0.05, 0.1) is 11.3 Å². The van der Waals surface area contributed by atoms with Crippen LogP contribution in [0.4, 0.5) is 26.1 Å². The molecule has 2 rings (SSSR count). The molecule has 94 valence electrons. The number of aromatic nitrogens is 1. The number of rotatable bonds is 2. The first-order valence-electron chi connectivity index (χ1n) is 4.96. The van der Waals surface area contributed by atoms with E-state index in [1.165, 1.54) is 0 Å². The Kier molecular flexibility index (Phi) is 2.63. The van der Waals surface area contributed by atoms with Crippen LogP contribution in [-0.4, -0.2) is 12.0 Å². The molecule has 0 aliphatic heterocycles. The lowest BCUT2D eigenvalue weighted by molar-refractivity contribution is -0.138. The number of alkyl halides is 3. The third kappa shape index (κ3) is 2.55. The number of halogens is 6. The predicted octanol–water partition coefficient (Wildman–Crippen LogP) is 3.03. The van der Waals surface area contributed by atoms with E-state index in [9.17, 15) is 26.1 Å². The van der Waals surface area contributed by atoms with E-state index < -0.39 is 24.2 Å². The fourth-order valence-electron chi connectivity index (χ4n) is 1.58. The molecule has 0 bridgehead atoms. The molecule has 1 aliphatic rings. The highest BCUT2D eigenvalue weighted by molar-refractivity contribution is 6.73. The zero-order valence-electron chi connectivity index (χ0n) is 8.44. The van der Waals surface area contributed by atoms with Gasteiger partial charge in [-0.25, -0.2) is 0 Å². The molecule has 1 nitrogen and oxygen atoms in total. The molecular formula is C9H7BF6N-. The van der Waals surface area contributed by atoms with Gasteiger partial charge in [0.1, 0.15) is 0 Å². The van der Waals surface area contributed by atoms with Crippen LogP contribution < -0.4 is 5.46 Å². The molecule has 1 fully saturated rings. The largest absolute Gasteiger partial charge is 0.511 e. The van der Waals surface area contributed by atoms with Gasteiger partial charge in [-0.3, -0.25) is 4.98 Å². The molecule has 1 aromatic rings. The van der Waals surface area contributed by atoms with Gasteiger partial charge >= 0.3 is 13.2 Å². The van der Waals surface area contributed by atoms with Crippen LogP contribution >= 0.6 is 0 Å². The molecule has 8 heteroatoms. The summed E-state index contributed by atoms with van der Waals surface area (Å²) in [6.45, 7) is -5.46. The van der Waals surface area contributed by atoms with Crippen molar-refractivity contribution in [3.05, 3.63) is 23.5 Å². The van der Waals surface area contributed by atoms with Gasteiger partial charge in [0.25, 0.3) is 0 Å². The highest BCUT2D eigenvalue weighted by Crippen LogP contribution is 2.44. The Balaban J connectivity index is 2.50. The summed E-state index contributed by atoms with van der Waals surface area (Å²) in [5.74, 6) is -0.346. The van der Waals surface area contributed by atoms with Crippen LogP contribution in [0.1, 0.15) is 30.0 Å². The lowest BCUT2D eigenvalue weighted by Crippen LogP contribution is -2.35. The second-order valence-electron chi connectivity index (χ2n) is 4.05. The Morgan fingerprint density at radius 3 is 2.18 bits per heavy atom. The Morgan fingerprint density at radius 1 is 1.18 bits per heavy atom. The van der Waals surface area contributed by atoms with Crippen molar-refractivity contribution >= 4 is 12.4 Å². The van der Waals surface area contributed by atoms with E-state index in [4.69, 9.17) is 0 Å². The number of hydrogen-bond acceptors (Lipinski definition) is 1. The van der Waals surface area contributed by atoms with Gasteiger partial charge in [0, 0.05) is 12.1 Å². The highest BCUT2D eigenvalue weighted by atomic mass is 19.4. The molecule has 0 saturated heterocycles. The fourth-order valence-corrected chi connectivity index (χ4v) is 1.58. The fraction of sp³-hybridized carbons (Fsp3) is 0.444. The monoisotopic (exact) mass is 254 g/mol. The summed E-state index contributed by atoms with van der Waals surface area (Å²) in [5.41, 5.74) is -2.82. The molecule has 1 aromatic heterocycles. The van der Waals surface area contributed by atoms with Gasteiger partial charge in [-0.15, -0.1) is 0 Å². The summed E-state index contributed by atoms with van der Waals surface area (Å²) in [6, 6.07) is 0.167. The molecule has 0 N–H and O–H groups in total. The summed E-state index contributed by atoms with van der Waals surface area (Å²) in [4.78, 5) is 3.35.